The summed E-state index contributed by atoms with van der Waals surface area (Å²) in [7, 11) is 1.62. The van der Waals surface area contributed by atoms with Gasteiger partial charge in [-0.1, -0.05) is 19.1 Å². The molecule has 1 amide bonds. The third-order valence-electron chi connectivity index (χ3n) is 4.52. The molecule has 0 radical (unpaired) electrons. The third-order valence-corrected chi connectivity index (χ3v) is 4.52. The van der Waals surface area contributed by atoms with E-state index in [-0.39, 0.29) is 5.91 Å². The van der Waals surface area contributed by atoms with Crippen molar-refractivity contribution < 1.29 is 9.53 Å². The first-order valence-electron chi connectivity index (χ1n) is 8.84. The number of hydrogen-bond acceptors (Lipinski definition) is 5. The number of piperidine rings is 1. The summed E-state index contributed by atoms with van der Waals surface area (Å²) in [6.45, 7) is 4.24. The van der Waals surface area contributed by atoms with E-state index >= 15 is 0 Å². The smallest absolute Gasteiger partial charge is 0.248 e. The van der Waals surface area contributed by atoms with E-state index in [0.29, 0.717) is 5.69 Å². The molecule has 1 aliphatic rings. The van der Waals surface area contributed by atoms with E-state index in [0.717, 1.165) is 49.1 Å². The van der Waals surface area contributed by atoms with Crippen molar-refractivity contribution in [2.75, 3.05) is 30.4 Å². The summed E-state index contributed by atoms with van der Waals surface area (Å²) in [5.74, 6) is 2.06. The zero-order valence-corrected chi connectivity index (χ0v) is 15.2. The number of anilines is 2. The molecular weight excluding hydrogens is 328 g/mol. The number of rotatable bonds is 5. The van der Waals surface area contributed by atoms with Crippen molar-refractivity contribution in [3.05, 3.63) is 48.3 Å². The number of carbonyl (C=O) groups excluding carboxylic acids is 1. The Labute approximate surface area is 153 Å². The van der Waals surface area contributed by atoms with Crippen LogP contribution < -0.4 is 15.0 Å². The van der Waals surface area contributed by atoms with E-state index in [4.69, 9.17) is 4.74 Å². The van der Waals surface area contributed by atoms with E-state index in [1.165, 1.54) is 6.08 Å². The van der Waals surface area contributed by atoms with E-state index in [2.05, 4.69) is 27.1 Å². The number of hydrogen-bond donors (Lipinski definition) is 1. The zero-order valence-electron chi connectivity index (χ0n) is 15.2. The number of methoxy groups -OCH3 is 1. The van der Waals surface area contributed by atoms with Gasteiger partial charge in [0.25, 0.3) is 0 Å². The Balaban J connectivity index is 1.54. The van der Waals surface area contributed by atoms with Crippen LogP contribution >= 0.6 is 0 Å². The number of ether oxygens (including phenoxy) is 1. The van der Waals surface area contributed by atoms with Crippen LogP contribution in [0.15, 0.2) is 42.7 Å². The average molecular weight is 352 g/mol. The second-order valence-corrected chi connectivity index (χ2v) is 6.54. The molecule has 1 saturated heterocycles. The monoisotopic (exact) mass is 352 g/mol. The van der Waals surface area contributed by atoms with Crippen molar-refractivity contribution in [1.29, 1.82) is 0 Å². The molecule has 1 N–H and O–H groups in total. The predicted molar refractivity (Wildman–Crippen MR) is 103 cm³/mol. The highest BCUT2D eigenvalue weighted by molar-refractivity contribution is 6.01. The summed E-state index contributed by atoms with van der Waals surface area (Å²) in [6, 6.07) is 7.48. The van der Waals surface area contributed by atoms with Gasteiger partial charge in [-0.2, -0.15) is 0 Å². The van der Waals surface area contributed by atoms with Gasteiger partial charge in [-0.25, -0.2) is 9.97 Å². The molecule has 26 heavy (non-hydrogen) atoms. The maximum atomic E-state index is 12.0. The lowest BCUT2D eigenvalue weighted by Gasteiger charge is -2.30. The number of nitrogens with one attached hydrogen (secondary N) is 1. The summed E-state index contributed by atoms with van der Waals surface area (Å²) < 4.78 is 5.11. The van der Waals surface area contributed by atoms with Gasteiger partial charge in [0.05, 0.1) is 25.2 Å². The number of nitrogens with zero attached hydrogens (tertiary/aromatic N) is 3. The van der Waals surface area contributed by atoms with Gasteiger partial charge < -0.3 is 15.0 Å². The van der Waals surface area contributed by atoms with E-state index in [1.54, 1.807) is 25.6 Å². The minimum Gasteiger partial charge on any atom is -0.497 e. The molecule has 1 aliphatic heterocycles. The van der Waals surface area contributed by atoms with Gasteiger partial charge in [0.2, 0.25) is 11.9 Å². The van der Waals surface area contributed by atoms with E-state index < -0.39 is 0 Å². The number of aromatic nitrogens is 2. The lowest BCUT2D eigenvalue weighted by molar-refractivity contribution is -0.111. The molecule has 6 nitrogen and oxygen atoms in total. The van der Waals surface area contributed by atoms with Crippen molar-refractivity contribution >= 4 is 23.6 Å². The maximum absolute atomic E-state index is 12.0. The molecular formula is C20H24N4O2. The second kappa shape index (κ2) is 8.47. The molecule has 136 valence electrons. The largest absolute Gasteiger partial charge is 0.497 e. The zero-order chi connectivity index (χ0) is 18.4. The van der Waals surface area contributed by atoms with Crippen LogP contribution in [0.4, 0.5) is 11.6 Å². The fourth-order valence-corrected chi connectivity index (χ4v) is 2.83. The van der Waals surface area contributed by atoms with Crippen molar-refractivity contribution in [2.24, 2.45) is 5.92 Å². The molecule has 0 spiro atoms. The van der Waals surface area contributed by atoms with Crippen molar-refractivity contribution in [2.45, 2.75) is 19.8 Å². The molecule has 2 heterocycles. The Morgan fingerprint density at radius 1 is 1.19 bits per heavy atom. The third kappa shape index (κ3) is 4.81. The minimum atomic E-state index is -0.219. The minimum absolute atomic E-state index is 0.219. The topological polar surface area (TPSA) is 67.3 Å². The van der Waals surface area contributed by atoms with Crippen LogP contribution in [0.25, 0.3) is 6.08 Å². The Kier molecular flexibility index (Phi) is 5.84. The van der Waals surface area contributed by atoms with Crippen LogP contribution in [0.1, 0.15) is 25.3 Å². The van der Waals surface area contributed by atoms with Crippen LogP contribution in [0.3, 0.4) is 0 Å². The molecule has 1 fully saturated rings. The summed E-state index contributed by atoms with van der Waals surface area (Å²) in [4.78, 5) is 23.0. The number of amides is 1. The quantitative estimate of drug-likeness (QED) is 0.836. The summed E-state index contributed by atoms with van der Waals surface area (Å²) in [5, 5.41) is 2.78. The summed E-state index contributed by atoms with van der Waals surface area (Å²) in [6.07, 6.45) is 8.87. The predicted octanol–water partition coefficient (Wildman–Crippen LogP) is 3.37. The molecule has 2 aromatic rings. The highest BCUT2D eigenvalue weighted by atomic mass is 16.5. The molecule has 0 saturated carbocycles. The van der Waals surface area contributed by atoms with E-state index in [9.17, 15) is 4.79 Å². The van der Waals surface area contributed by atoms with Gasteiger partial charge in [-0.05, 0) is 42.5 Å². The molecule has 3 rings (SSSR count). The lowest BCUT2D eigenvalue weighted by Crippen LogP contribution is -2.34. The Morgan fingerprint density at radius 3 is 2.46 bits per heavy atom. The van der Waals surface area contributed by atoms with Gasteiger partial charge in [-0.15, -0.1) is 0 Å². The van der Waals surface area contributed by atoms with Crippen LogP contribution in [0.5, 0.6) is 5.75 Å². The first-order chi connectivity index (χ1) is 12.6. The molecule has 1 aromatic carbocycles. The van der Waals surface area contributed by atoms with Crippen LogP contribution in [0, 0.1) is 5.92 Å². The fourth-order valence-electron chi connectivity index (χ4n) is 2.83. The average Bonchev–Trinajstić information content (AvgIpc) is 2.68. The lowest BCUT2D eigenvalue weighted by atomic mass is 10.00. The van der Waals surface area contributed by atoms with E-state index in [1.807, 2.05) is 24.3 Å². The number of carbonyl (C=O) groups is 1. The molecule has 1 aromatic heterocycles. The molecule has 6 heteroatoms. The van der Waals surface area contributed by atoms with Gasteiger partial charge in [0.15, 0.2) is 0 Å². The normalized spacial score (nSPS) is 15.2. The SMILES string of the molecule is COc1ccc(/C=C/C(=O)Nc2cnc(N3CCC(C)CC3)nc2)cc1. The van der Waals surface area contributed by atoms with Crippen molar-refractivity contribution in [3.63, 3.8) is 0 Å². The first-order valence-corrected chi connectivity index (χ1v) is 8.84. The van der Waals surface area contributed by atoms with Gasteiger partial charge in [-0.3, -0.25) is 4.79 Å². The fraction of sp³-hybridized carbons (Fsp3) is 0.350. The number of benzene rings is 1. The van der Waals surface area contributed by atoms with Crippen LogP contribution in [0.2, 0.25) is 0 Å². The highest BCUT2D eigenvalue weighted by Gasteiger charge is 2.17. The van der Waals surface area contributed by atoms with Gasteiger partial charge in [0.1, 0.15) is 5.75 Å². The Morgan fingerprint density at radius 2 is 1.85 bits per heavy atom. The highest BCUT2D eigenvalue weighted by Crippen LogP contribution is 2.20. The van der Waals surface area contributed by atoms with Crippen LogP contribution in [-0.4, -0.2) is 36.1 Å². The molecule has 0 bridgehead atoms. The molecule has 0 unspecified atom stereocenters. The molecule has 0 aliphatic carbocycles. The Bertz CT molecular complexity index is 748. The standard InChI is InChI=1S/C20H24N4O2/c1-15-9-11-24(12-10-15)20-21-13-17(14-22-20)23-19(25)8-5-16-3-6-18(26-2)7-4-16/h3-8,13-15H,9-12H2,1-2H3,(H,23,25)/b8-5+. The van der Waals surface area contributed by atoms with Gasteiger partial charge in [0, 0.05) is 19.2 Å². The maximum Gasteiger partial charge on any atom is 0.248 e. The second-order valence-electron chi connectivity index (χ2n) is 6.54. The summed E-state index contributed by atoms with van der Waals surface area (Å²) in [5.41, 5.74) is 1.51. The van der Waals surface area contributed by atoms with Crippen molar-refractivity contribution in [3.8, 4) is 5.75 Å². The Hall–Kier alpha value is -2.89. The summed E-state index contributed by atoms with van der Waals surface area (Å²) >= 11 is 0. The van der Waals surface area contributed by atoms with Gasteiger partial charge >= 0.3 is 0 Å². The van der Waals surface area contributed by atoms with Crippen molar-refractivity contribution in [1.82, 2.24) is 9.97 Å². The molecule has 0 atom stereocenters. The first kappa shape index (κ1) is 17.9. The van der Waals surface area contributed by atoms with Crippen LogP contribution in [-0.2, 0) is 4.79 Å².